The molecule has 0 aliphatic heterocycles. The first-order chi connectivity index (χ1) is 13.3. The summed E-state index contributed by atoms with van der Waals surface area (Å²) in [7, 11) is 0. The fourth-order valence-corrected chi connectivity index (χ4v) is 3.72. The van der Waals surface area contributed by atoms with Gasteiger partial charge in [0.1, 0.15) is 10.8 Å². The number of hydrogen-bond acceptors (Lipinski definition) is 5. The van der Waals surface area contributed by atoms with Crippen LogP contribution in [0, 0.1) is 19.7 Å². The highest BCUT2D eigenvalue weighted by Gasteiger charge is 2.23. The van der Waals surface area contributed by atoms with Crippen LogP contribution in [-0.2, 0) is 20.7 Å². The highest BCUT2D eigenvalue weighted by molar-refractivity contribution is 7.13. The molecule has 28 heavy (non-hydrogen) atoms. The summed E-state index contributed by atoms with van der Waals surface area (Å²) in [6, 6.07) is 11.2. The van der Waals surface area contributed by atoms with Crippen LogP contribution >= 0.6 is 11.3 Å². The number of esters is 1. The van der Waals surface area contributed by atoms with E-state index in [0.717, 1.165) is 16.1 Å². The van der Waals surface area contributed by atoms with E-state index < -0.39 is 23.8 Å². The Labute approximate surface area is 166 Å². The number of carbonyl (C=O) groups excluding carboxylic acids is 2. The zero-order chi connectivity index (χ0) is 20.3. The highest BCUT2D eigenvalue weighted by atomic mass is 32.1. The van der Waals surface area contributed by atoms with E-state index in [-0.39, 0.29) is 6.42 Å². The molecular formula is C21H19FN2O3S. The van der Waals surface area contributed by atoms with Crippen molar-refractivity contribution in [3.8, 4) is 10.6 Å². The van der Waals surface area contributed by atoms with Crippen LogP contribution in [0.25, 0.3) is 10.6 Å². The van der Waals surface area contributed by atoms with Crippen molar-refractivity contribution in [1.82, 2.24) is 4.98 Å². The fourth-order valence-electron chi connectivity index (χ4n) is 2.81. The molecule has 7 heteroatoms. The van der Waals surface area contributed by atoms with Crippen LogP contribution in [0.2, 0.25) is 0 Å². The van der Waals surface area contributed by atoms with Gasteiger partial charge in [-0.1, -0.05) is 35.9 Å². The van der Waals surface area contributed by atoms with E-state index in [1.54, 1.807) is 5.38 Å². The number of nitrogens with two attached hydrogens (primary N) is 1. The smallest absolute Gasteiger partial charge is 0.313 e. The zero-order valence-electron chi connectivity index (χ0n) is 15.4. The van der Waals surface area contributed by atoms with Gasteiger partial charge in [-0.25, -0.2) is 9.37 Å². The van der Waals surface area contributed by atoms with Crippen LogP contribution < -0.4 is 5.73 Å². The average molecular weight is 398 g/mol. The number of aryl methyl sites for hydroxylation is 2. The zero-order valence-corrected chi connectivity index (χ0v) is 16.3. The molecule has 1 heterocycles. The van der Waals surface area contributed by atoms with E-state index in [9.17, 15) is 14.0 Å². The third kappa shape index (κ3) is 4.61. The maximum atomic E-state index is 13.1. The molecule has 0 radical (unpaired) electrons. The summed E-state index contributed by atoms with van der Waals surface area (Å²) < 4.78 is 18.3. The Morgan fingerprint density at radius 1 is 1.18 bits per heavy atom. The number of rotatable bonds is 6. The van der Waals surface area contributed by atoms with Gasteiger partial charge in [0.15, 0.2) is 0 Å². The van der Waals surface area contributed by atoms with Crippen molar-refractivity contribution in [2.75, 3.05) is 0 Å². The van der Waals surface area contributed by atoms with Crippen molar-refractivity contribution in [2.45, 2.75) is 26.4 Å². The summed E-state index contributed by atoms with van der Waals surface area (Å²) in [5.41, 5.74) is 9.48. The molecule has 3 rings (SSSR count). The second-order valence-electron chi connectivity index (χ2n) is 6.46. The molecule has 5 nitrogen and oxygen atoms in total. The first-order valence-electron chi connectivity index (χ1n) is 8.60. The van der Waals surface area contributed by atoms with E-state index in [1.165, 1.54) is 41.2 Å². The number of aromatic nitrogens is 1. The van der Waals surface area contributed by atoms with Crippen molar-refractivity contribution in [2.24, 2.45) is 5.73 Å². The molecule has 0 saturated carbocycles. The van der Waals surface area contributed by atoms with Crippen LogP contribution in [0.15, 0.2) is 47.8 Å². The third-order valence-corrected chi connectivity index (χ3v) is 5.09. The Hall–Kier alpha value is -3.06. The molecule has 2 aromatic carbocycles. The minimum atomic E-state index is -1.27. The summed E-state index contributed by atoms with van der Waals surface area (Å²) in [6.07, 6.45) is -1.36. The van der Waals surface area contributed by atoms with E-state index >= 15 is 0 Å². The van der Waals surface area contributed by atoms with E-state index in [1.807, 2.05) is 26.0 Å². The molecule has 0 spiro atoms. The number of carbonyl (C=O) groups is 2. The summed E-state index contributed by atoms with van der Waals surface area (Å²) in [4.78, 5) is 28.4. The van der Waals surface area contributed by atoms with Crippen molar-refractivity contribution >= 4 is 23.2 Å². The number of hydrogen-bond donors (Lipinski definition) is 1. The van der Waals surface area contributed by atoms with Crippen molar-refractivity contribution in [3.05, 3.63) is 76.0 Å². The summed E-state index contributed by atoms with van der Waals surface area (Å²) in [5, 5.41) is 2.60. The SMILES string of the molecule is Cc1ccc(-c2nc(CC(=O)O[C@@H](C(N)=O)c3ccc(F)cc3)cs2)c(C)c1. The molecule has 0 fully saturated rings. The van der Waals surface area contributed by atoms with Crippen molar-refractivity contribution < 1.29 is 18.7 Å². The Kier molecular flexibility index (Phi) is 5.84. The standard InChI is InChI=1S/C21H19FN2O3S/c1-12-3-8-17(13(2)9-12)21-24-16(11-28-21)10-18(25)27-19(20(23)26)14-4-6-15(22)7-5-14/h3-9,11,19H,10H2,1-2H3,(H2,23,26)/t19-/m1/s1. The molecule has 0 aliphatic carbocycles. The minimum Gasteiger partial charge on any atom is -0.447 e. The minimum absolute atomic E-state index is 0.0909. The number of primary amides is 1. The predicted octanol–water partition coefficient (Wildman–Crippen LogP) is 3.88. The molecule has 3 aromatic rings. The quantitative estimate of drug-likeness (QED) is 0.639. The van der Waals surface area contributed by atoms with Gasteiger partial charge in [0.05, 0.1) is 12.1 Å². The lowest BCUT2D eigenvalue weighted by atomic mass is 10.1. The second kappa shape index (κ2) is 8.31. The van der Waals surface area contributed by atoms with Gasteiger partial charge in [0.25, 0.3) is 5.91 Å². The topological polar surface area (TPSA) is 82.3 Å². The monoisotopic (exact) mass is 398 g/mol. The molecule has 144 valence electrons. The lowest BCUT2D eigenvalue weighted by Crippen LogP contribution is -2.26. The Balaban J connectivity index is 1.71. The molecular weight excluding hydrogens is 379 g/mol. The number of nitrogens with zero attached hydrogens (tertiary/aromatic N) is 1. The normalized spacial score (nSPS) is 11.8. The fraction of sp³-hybridized carbons (Fsp3) is 0.190. The van der Waals surface area contributed by atoms with Gasteiger partial charge in [-0.3, -0.25) is 9.59 Å². The molecule has 1 atom stereocenters. The Morgan fingerprint density at radius 3 is 2.54 bits per heavy atom. The number of thiazole rings is 1. The molecule has 0 saturated heterocycles. The van der Waals surface area contributed by atoms with Gasteiger partial charge in [0.2, 0.25) is 6.10 Å². The molecule has 1 aromatic heterocycles. The number of amides is 1. The summed E-state index contributed by atoms with van der Waals surface area (Å²) in [5.74, 6) is -1.92. The third-order valence-electron chi connectivity index (χ3n) is 4.17. The number of ether oxygens (including phenoxy) is 1. The molecule has 1 amide bonds. The second-order valence-corrected chi connectivity index (χ2v) is 7.32. The molecule has 0 bridgehead atoms. The van der Waals surface area contributed by atoms with Gasteiger partial charge < -0.3 is 10.5 Å². The maximum Gasteiger partial charge on any atom is 0.313 e. The lowest BCUT2D eigenvalue weighted by Gasteiger charge is -2.14. The van der Waals surface area contributed by atoms with Gasteiger partial charge in [0, 0.05) is 16.5 Å². The first kappa shape index (κ1) is 19.7. The van der Waals surface area contributed by atoms with Gasteiger partial charge >= 0.3 is 5.97 Å². The van der Waals surface area contributed by atoms with Gasteiger partial charge in [-0.15, -0.1) is 11.3 Å². The Morgan fingerprint density at radius 2 is 1.89 bits per heavy atom. The Bertz CT molecular complexity index is 1010. The van der Waals surface area contributed by atoms with Crippen LogP contribution in [0.4, 0.5) is 4.39 Å². The van der Waals surface area contributed by atoms with Crippen LogP contribution in [-0.4, -0.2) is 16.9 Å². The summed E-state index contributed by atoms with van der Waals surface area (Å²) in [6.45, 7) is 4.04. The maximum absolute atomic E-state index is 13.1. The van der Waals surface area contributed by atoms with E-state index in [4.69, 9.17) is 10.5 Å². The van der Waals surface area contributed by atoms with Crippen molar-refractivity contribution in [1.29, 1.82) is 0 Å². The van der Waals surface area contributed by atoms with Crippen molar-refractivity contribution in [3.63, 3.8) is 0 Å². The molecule has 2 N–H and O–H groups in total. The molecule has 0 unspecified atom stereocenters. The van der Waals surface area contributed by atoms with Crippen LogP contribution in [0.1, 0.15) is 28.5 Å². The van der Waals surface area contributed by atoms with Crippen LogP contribution in [0.5, 0.6) is 0 Å². The number of benzene rings is 2. The molecule has 0 aliphatic rings. The highest BCUT2D eigenvalue weighted by Crippen LogP contribution is 2.28. The van der Waals surface area contributed by atoms with Gasteiger partial charge in [-0.2, -0.15) is 0 Å². The first-order valence-corrected chi connectivity index (χ1v) is 9.47. The lowest BCUT2D eigenvalue weighted by molar-refractivity contribution is -0.154. The van der Waals surface area contributed by atoms with Crippen LogP contribution in [0.3, 0.4) is 0 Å². The largest absolute Gasteiger partial charge is 0.447 e. The number of halogens is 1. The van der Waals surface area contributed by atoms with E-state index in [0.29, 0.717) is 11.3 Å². The average Bonchev–Trinajstić information content (AvgIpc) is 3.08. The van der Waals surface area contributed by atoms with Gasteiger partial charge in [-0.05, 0) is 31.5 Å². The van der Waals surface area contributed by atoms with E-state index in [2.05, 4.69) is 11.1 Å². The predicted molar refractivity (Wildman–Crippen MR) is 105 cm³/mol. The summed E-state index contributed by atoms with van der Waals surface area (Å²) >= 11 is 1.44.